The van der Waals surface area contributed by atoms with Crippen LogP contribution in [0.5, 0.6) is 0 Å². The molecule has 0 saturated heterocycles. The minimum absolute atomic E-state index is 0.744. The largest absolute Gasteiger partial charge is 0.370 e. The van der Waals surface area contributed by atoms with Gasteiger partial charge in [0.05, 0.1) is 0 Å². The van der Waals surface area contributed by atoms with E-state index in [0.717, 1.165) is 43.4 Å². The summed E-state index contributed by atoms with van der Waals surface area (Å²) in [5, 5.41) is 10.7. The Labute approximate surface area is 112 Å². The lowest BCUT2D eigenvalue weighted by Crippen LogP contribution is -2.09. The highest BCUT2D eigenvalue weighted by molar-refractivity contribution is 5.46. The van der Waals surface area contributed by atoms with Crippen molar-refractivity contribution in [1.82, 2.24) is 24.7 Å². The number of nitrogens with one attached hydrogen (secondary N) is 2. The summed E-state index contributed by atoms with van der Waals surface area (Å²) >= 11 is 0. The zero-order valence-corrected chi connectivity index (χ0v) is 11.3. The van der Waals surface area contributed by atoms with Gasteiger partial charge in [-0.3, -0.25) is 4.68 Å². The Morgan fingerprint density at radius 3 is 2.47 bits per heavy atom. The van der Waals surface area contributed by atoms with Crippen LogP contribution in [0, 0.1) is 0 Å². The molecule has 0 amide bonds. The number of aryl methyl sites for hydroxylation is 1. The molecule has 0 unspecified atom stereocenters. The minimum atomic E-state index is 0.744. The molecule has 0 aromatic carbocycles. The Hall–Kier alpha value is -2.18. The van der Waals surface area contributed by atoms with E-state index in [4.69, 9.17) is 0 Å². The molecule has 2 N–H and O–H groups in total. The summed E-state index contributed by atoms with van der Waals surface area (Å²) in [6.45, 7) is 3.77. The van der Waals surface area contributed by atoms with Gasteiger partial charge >= 0.3 is 0 Å². The standard InChI is InChI=1S/C12H19N7/c1-3-5-13-11-7-12(16-8-15-11)14-6-4-10-17-9-19(2)18-10/h7-9H,3-6H2,1-2H3,(H2,13,14,15,16). The van der Waals surface area contributed by atoms with Crippen molar-refractivity contribution >= 4 is 11.6 Å². The van der Waals surface area contributed by atoms with E-state index in [0.29, 0.717) is 0 Å². The molecule has 0 aliphatic rings. The van der Waals surface area contributed by atoms with Crippen molar-refractivity contribution in [3.05, 3.63) is 24.5 Å². The summed E-state index contributed by atoms with van der Waals surface area (Å²) in [6.07, 6.45) is 5.09. The summed E-state index contributed by atoms with van der Waals surface area (Å²) < 4.78 is 1.70. The Balaban J connectivity index is 1.82. The first-order valence-corrected chi connectivity index (χ1v) is 6.42. The highest BCUT2D eigenvalue weighted by Gasteiger charge is 2.00. The predicted octanol–water partition coefficient (Wildman–Crippen LogP) is 1.08. The lowest BCUT2D eigenvalue weighted by atomic mass is 10.4. The van der Waals surface area contributed by atoms with Crippen LogP contribution in [0.3, 0.4) is 0 Å². The maximum atomic E-state index is 4.22. The van der Waals surface area contributed by atoms with Crippen LogP contribution in [0.15, 0.2) is 18.7 Å². The Bertz CT molecular complexity index is 508. The van der Waals surface area contributed by atoms with Crippen molar-refractivity contribution in [3.8, 4) is 0 Å². The number of hydrogen-bond acceptors (Lipinski definition) is 6. The molecule has 2 aromatic heterocycles. The first-order valence-electron chi connectivity index (χ1n) is 6.42. The molecule has 0 spiro atoms. The number of hydrogen-bond donors (Lipinski definition) is 2. The maximum absolute atomic E-state index is 4.22. The highest BCUT2D eigenvalue weighted by atomic mass is 15.3. The molecule has 0 radical (unpaired) electrons. The van der Waals surface area contributed by atoms with Crippen molar-refractivity contribution in [2.75, 3.05) is 23.7 Å². The molecule has 19 heavy (non-hydrogen) atoms. The van der Waals surface area contributed by atoms with Gasteiger partial charge in [0.15, 0.2) is 5.82 Å². The van der Waals surface area contributed by atoms with E-state index < -0.39 is 0 Å². The Morgan fingerprint density at radius 1 is 1.11 bits per heavy atom. The molecule has 102 valence electrons. The average Bonchev–Trinajstić information content (AvgIpc) is 2.83. The smallest absolute Gasteiger partial charge is 0.152 e. The molecule has 7 nitrogen and oxygen atoms in total. The molecule has 0 bridgehead atoms. The molecule has 2 heterocycles. The topological polar surface area (TPSA) is 80.5 Å². The van der Waals surface area contributed by atoms with Crippen LogP contribution in [0.1, 0.15) is 19.2 Å². The van der Waals surface area contributed by atoms with Crippen LogP contribution in [-0.2, 0) is 13.5 Å². The zero-order chi connectivity index (χ0) is 13.5. The van der Waals surface area contributed by atoms with Gasteiger partial charge in [0.1, 0.15) is 24.3 Å². The molecular formula is C12H19N7. The van der Waals surface area contributed by atoms with Crippen molar-refractivity contribution in [1.29, 1.82) is 0 Å². The molecule has 0 aliphatic heterocycles. The van der Waals surface area contributed by atoms with Gasteiger partial charge in [-0.15, -0.1) is 0 Å². The van der Waals surface area contributed by atoms with Gasteiger partial charge in [-0.05, 0) is 6.42 Å². The Kier molecular flexibility index (Phi) is 4.66. The second kappa shape index (κ2) is 6.67. The molecule has 0 saturated carbocycles. The van der Waals surface area contributed by atoms with E-state index >= 15 is 0 Å². The second-order valence-electron chi connectivity index (χ2n) is 4.23. The predicted molar refractivity (Wildman–Crippen MR) is 74.0 cm³/mol. The Morgan fingerprint density at radius 2 is 1.84 bits per heavy atom. The number of rotatable bonds is 7. The fourth-order valence-electron chi connectivity index (χ4n) is 1.60. The van der Waals surface area contributed by atoms with E-state index in [-0.39, 0.29) is 0 Å². The number of nitrogens with zero attached hydrogens (tertiary/aromatic N) is 5. The van der Waals surface area contributed by atoms with Crippen LogP contribution in [0.2, 0.25) is 0 Å². The number of aromatic nitrogens is 5. The third-order valence-electron chi connectivity index (χ3n) is 2.52. The lowest BCUT2D eigenvalue weighted by Gasteiger charge is -2.07. The molecule has 2 rings (SSSR count). The monoisotopic (exact) mass is 261 g/mol. The van der Waals surface area contributed by atoms with E-state index in [1.165, 1.54) is 0 Å². The summed E-state index contributed by atoms with van der Waals surface area (Å²) in [5.74, 6) is 2.48. The van der Waals surface area contributed by atoms with Crippen molar-refractivity contribution in [2.45, 2.75) is 19.8 Å². The van der Waals surface area contributed by atoms with Crippen molar-refractivity contribution in [2.24, 2.45) is 7.05 Å². The molecule has 2 aromatic rings. The van der Waals surface area contributed by atoms with Crippen LogP contribution in [0.4, 0.5) is 11.6 Å². The SMILES string of the molecule is CCCNc1cc(NCCc2ncn(C)n2)ncn1. The van der Waals surface area contributed by atoms with Crippen LogP contribution < -0.4 is 10.6 Å². The van der Waals surface area contributed by atoms with Crippen LogP contribution in [-0.4, -0.2) is 37.8 Å². The fourth-order valence-corrected chi connectivity index (χ4v) is 1.60. The third-order valence-corrected chi connectivity index (χ3v) is 2.52. The van der Waals surface area contributed by atoms with Gasteiger partial charge in [0.2, 0.25) is 0 Å². The maximum Gasteiger partial charge on any atom is 0.152 e. The van der Waals surface area contributed by atoms with E-state index in [2.05, 4.69) is 37.6 Å². The molecular weight excluding hydrogens is 242 g/mol. The molecule has 0 aliphatic carbocycles. The normalized spacial score (nSPS) is 10.4. The second-order valence-corrected chi connectivity index (χ2v) is 4.23. The van der Waals surface area contributed by atoms with Gasteiger partial charge < -0.3 is 10.6 Å². The van der Waals surface area contributed by atoms with E-state index in [1.54, 1.807) is 17.3 Å². The van der Waals surface area contributed by atoms with Crippen molar-refractivity contribution < 1.29 is 0 Å². The molecule has 0 atom stereocenters. The first kappa shape index (κ1) is 13.3. The summed E-state index contributed by atoms with van der Waals surface area (Å²) in [4.78, 5) is 12.5. The number of anilines is 2. The van der Waals surface area contributed by atoms with Crippen LogP contribution >= 0.6 is 0 Å². The van der Waals surface area contributed by atoms with Gasteiger partial charge in [-0.25, -0.2) is 15.0 Å². The lowest BCUT2D eigenvalue weighted by molar-refractivity contribution is 0.741. The van der Waals surface area contributed by atoms with Gasteiger partial charge in [0.25, 0.3) is 0 Å². The summed E-state index contributed by atoms with van der Waals surface area (Å²) in [6, 6.07) is 1.90. The van der Waals surface area contributed by atoms with Gasteiger partial charge in [-0.1, -0.05) is 6.92 Å². The van der Waals surface area contributed by atoms with Crippen LogP contribution in [0.25, 0.3) is 0 Å². The fraction of sp³-hybridized carbons (Fsp3) is 0.500. The third kappa shape index (κ3) is 4.20. The minimum Gasteiger partial charge on any atom is -0.370 e. The quantitative estimate of drug-likeness (QED) is 0.776. The average molecular weight is 261 g/mol. The summed E-state index contributed by atoms with van der Waals surface area (Å²) in [5.41, 5.74) is 0. The molecule has 7 heteroatoms. The molecule has 0 fully saturated rings. The highest BCUT2D eigenvalue weighted by Crippen LogP contribution is 2.08. The van der Waals surface area contributed by atoms with Crippen molar-refractivity contribution in [3.63, 3.8) is 0 Å². The van der Waals surface area contributed by atoms with Gasteiger partial charge in [-0.2, -0.15) is 5.10 Å². The summed E-state index contributed by atoms with van der Waals surface area (Å²) in [7, 11) is 1.86. The first-order chi connectivity index (χ1) is 9.28. The van der Waals surface area contributed by atoms with E-state index in [9.17, 15) is 0 Å². The van der Waals surface area contributed by atoms with E-state index in [1.807, 2.05) is 13.1 Å². The zero-order valence-electron chi connectivity index (χ0n) is 11.3. The van der Waals surface area contributed by atoms with Gasteiger partial charge in [0, 0.05) is 32.6 Å².